The maximum Gasteiger partial charge on any atom is 0.229 e. The van der Waals surface area contributed by atoms with Crippen LogP contribution in [0, 0.1) is 5.92 Å². The van der Waals surface area contributed by atoms with Gasteiger partial charge < -0.3 is 19.8 Å². The van der Waals surface area contributed by atoms with Gasteiger partial charge in [-0.1, -0.05) is 23.5 Å². The van der Waals surface area contributed by atoms with Crippen molar-refractivity contribution in [2.45, 2.75) is 38.5 Å². The molecule has 3 aromatic carbocycles. The number of unbranched alkanes of at least 4 members (excludes halogenated alkanes) is 1. The Labute approximate surface area is 236 Å². The molecule has 1 fully saturated rings. The van der Waals surface area contributed by atoms with E-state index >= 15 is 0 Å². The van der Waals surface area contributed by atoms with Gasteiger partial charge in [0.2, 0.25) is 5.91 Å². The lowest BCUT2D eigenvalue weighted by Gasteiger charge is -2.08. The summed E-state index contributed by atoms with van der Waals surface area (Å²) in [4.78, 5) is 33.2. The van der Waals surface area contributed by atoms with Gasteiger partial charge in [-0.2, -0.15) is 0 Å². The number of aromatic amines is 1. The third-order valence-corrected chi connectivity index (χ3v) is 8.35. The zero-order valence-corrected chi connectivity index (χ0v) is 23.4. The molecule has 8 heteroatoms. The summed E-state index contributed by atoms with van der Waals surface area (Å²) in [6.45, 7) is 0. The van der Waals surface area contributed by atoms with E-state index in [0.717, 1.165) is 87.0 Å². The molecule has 6 rings (SSSR count). The van der Waals surface area contributed by atoms with Crippen LogP contribution in [0.1, 0.15) is 48.0 Å². The lowest BCUT2D eigenvalue weighted by molar-refractivity contribution is -0.117. The van der Waals surface area contributed by atoms with E-state index in [1.54, 1.807) is 14.2 Å². The highest BCUT2D eigenvalue weighted by atomic mass is 32.1. The van der Waals surface area contributed by atoms with Gasteiger partial charge in [-0.25, -0.2) is 4.98 Å². The highest BCUT2D eigenvalue weighted by Gasteiger charge is 2.30. The van der Waals surface area contributed by atoms with Crippen LogP contribution in [0.2, 0.25) is 0 Å². The molecule has 0 bridgehead atoms. The Balaban J connectivity index is 1.14. The number of ether oxygens (including phenoxy) is 2. The number of carbonyl (C=O) groups is 2. The van der Waals surface area contributed by atoms with Crippen molar-refractivity contribution in [3.05, 3.63) is 71.9 Å². The van der Waals surface area contributed by atoms with E-state index in [9.17, 15) is 9.59 Å². The molecule has 5 aromatic rings. The van der Waals surface area contributed by atoms with E-state index in [4.69, 9.17) is 9.47 Å². The number of hydrogen-bond donors (Lipinski definition) is 2. The quantitative estimate of drug-likeness (QED) is 0.131. The van der Waals surface area contributed by atoms with Crippen LogP contribution in [0.3, 0.4) is 0 Å². The minimum Gasteiger partial charge on any atom is -0.497 e. The normalized spacial score (nSPS) is 13.1. The van der Waals surface area contributed by atoms with Gasteiger partial charge >= 0.3 is 0 Å². The summed E-state index contributed by atoms with van der Waals surface area (Å²) in [5, 5.41) is 4.52. The van der Waals surface area contributed by atoms with Crippen molar-refractivity contribution in [1.29, 1.82) is 0 Å². The first-order valence-electron chi connectivity index (χ1n) is 13.6. The van der Waals surface area contributed by atoms with Gasteiger partial charge in [-0.15, -0.1) is 0 Å². The van der Waals surface area contributed by atoms with Crippen LogP contribution in [0.4, 0.5) is 5.13 Å². The van der Waals surface area contributed by atoms with E-state index in [1.807, 2.05) is 42.6 Å². The average Bonchev–Trinajstić information content (AvgIpc) is 3.63. The van der Waals surface area contributed by atoms with Crippen molar-refractivity contribution < 1.29 is 19.1 Å². The van der Waals surface area contributed by atoms with Gasteiger partial charge in [0.05, 0.1) is 24.4 Å². The Bertz CT molecular complexity index is 1690. The van der Waals surface area contributed by atoms with Gasteiger partial charge in [-0.3, -0.25) is 9.59 Å². The SMILES string of the molecule is COc1cc(CCCCC(=O)c2c[nH]c3ccc(-c4ccc5nc(NC(=O)C6CC6)sc5c4)cc23)cc(OC)c1. The Morgan fingerprint density at radius 3 is 2.48 bits per heavy atom. The molecule has 0 spiro atoms. The maximum absolute atomic E-state index is 13.2. The summed E-state index contributed by atoms with van der Waals surface area (Å²) in [6.07, 6.45) is 6.79. The van der Waals surface area contributed by atoms with Gasteiger partial charge in [0, 0.05) is 41.1 Å². The van der Waals surface area contributed by atoms with Crippen LogP contribution >= 0.6 is 11.3 Å². The number of H-pyrrole nitrogens is 1. The van der Waals surface area contributed by atoms with Crippen molar-refractivity contribution in [3.8, 4) is 22.6 Å². The lowest BCUT2D eigenvalue weighted by Crippen LogP contribution is -2.12. The fourth-order valence-electron chi connectivity index (χ4n) is 5.00. The molecule has 204 valence electrons. The van der Waals surface area contributed by atoms with E-state index in [-0.39, 0.29) is 17.6 Å². The van der Waals surface area contributed by atoms with Gasteiger partial charge in [-0.05, 0) is 85.2 Å². The summed E-state index contributed by atoms with van der Waals surface area (Å²) >= 11 is 1.49. The molecule has 0 atom stereocenters. The molecule has 7 nitrogen and oxygen atoms in total. The number of aromatic nitrogens is 2. The third kappa shape index (κ3) is 5.58. The van der Waals surface area contributed by atoms with Gasteiger partial charge in [0.15, 0.2) is 10.9 Å². The number of fused-ring (bicyclic) bond motifs is 2. The van der Waals surface area contributed by atoms with E-state index in [2.05, 4.69) is 33.5 Å². The van der Waals surface area contributed by atoms with E-state index in [1.165, 1.54) is 11.3 Å². The molecular formula is C32H31N3O4S. The smallest absolute Gasteiger partial charge is 0.229 e. The number of thiazole rings is 1. The zero-order valence-electron chi connectivity index (χ0n) is 22.6. The van der Waals surface area contributed by atoms with E-state index in [0.29, 0.717) is 11.6 Å². The number of Topliss-reactive ketones (excluding diaryl/α,β-unsaturated/α-hetero) is 1. The summed E-state index contributed by atoms with van der Waals surface area (Å²) in [5.74, 6) is 1.89. The summed E-state index contributed by atoms with van der Waals surface area (Å²) in [5.41, 5.74) is 5.75. The number of nitrogens with one attached hydrogen (secondary N) is 2. The predicted octanol–water partition coefficient (Wildman–Crippen LogP) is 7.41. The molecule has 0 radical (unpaired) electrons. The van der Waals surface area contributed by atoms with Crippen LogP contribution in [0.25, 0.3) is 32.2 Å². The van der Waals surface area contributed by atoms with Crippen molar-refractivity contribution >= 4 is 49.3 Å². The first kappa shape index (κ1) is 26.1. The molecule has 2 N–H and O–H groups in total. The first-order chi connectivity index (χ1) is 19.5. The molecular weight excluding hydrogens is 522 g/mol. The number of aryl methyl sites for hydroxylation is 1. The Hall–Kier alpha value is -4.17. The van der Waals surface area contributed by atoms with Crippen molar-refractivity contribution in [1.82, 2.24) is 9.97 Å². The number of ketones is 1. The Morgan fingerprint density at radius 1 is 0.975 bits per heavy atom. The van der Waals surface area contributed by atoms with Crippen LogP contribution in [-0.4, -0.2) is 35.9 Å². The Kier molecular flexibility index (Phi) is 7.26. The summed E-state index contributed by atoms with van der Waals surface area (Å²) < 4.78 is 11.7. The highest BCUT2D eigenvalue weighted by molar-refractivity contribution is 7.22. The number of methoxy groups -OCH3 is 2. The number of nitrogens with zero attached hydrogens (tertiary/aromatic N) is 1. The fraction of sp³-hybridized carbons (Fsp3) is 0.281. The lowest BCUT2D eigenvalue weighted by atomic mass is 9.99. The molecule has 2 heterocycles. The largest absolute Gasteiger partial charge is 0.497 e. The van der Waals surface area contributed by atoms with E-state index < -0.39 is 0 Å². The molecule has 2 aromatic heterocycles. The minimum absolute atomic E-state index is 0.0647. The number of carbonyl (C=O) groups excluding carboxylic acids is 2. The molecule has 0 saturated heterocycles. The second-order valence-corrected chi connectivity index (χ2v) is 11.3. The topological polar surface area (TPSA) is 93.3 Å². The van der Waals surface area contributed by atoms with Gasteiger partial charge in [0.1, 0.15) is 11.5 Å². The second-order valence-electron chi connectivity index (χ2n) is 10.3. The van der Waals surface area contributed by atoms with Gasteiger partial charge in [0.25, 0.3) is 0 Å². The standard InChI is InChI=1S/C32H31N3O4S/c1-38-23-13-19(14-24(17-23)39-2)5-3-4-6-29(36)26-18-33-27-11-9-21(15-25(26)27)22-10-12-28-30(16-22)40-32(34-28)35-31(37)20-7-8-20/h9-18,20,33H,3-8H2,1-2H3,(H,34,35,37). The Morgan fingerprint density at radius 2 is 1.73 bits per heavy atom. The number of rotatable bonds is 11. The van der Waals surface area contributed by atoms with Crippen LogP contribution in [-0.2, 0) is 11.2 Å². The number of amides is 1. The fourth-order valence-corrected chi connectivity index (χ4v) is 5.91. The molecule has 40 heavy (non-hydrogen) atoms. The van der Waals surface area contributed by atoms with Crippen LogP contribution in [0.15, 0.2) is 60.8 Å². The second kappa shape index (κ2) is 11.1. The molecule has 1 aliphatic rings. The van der Waals surface area contributed by atoms with Crippen molar-refractivity contribution in [2.24, 2.45) is 5.92 Å². The average molecular weight is 554 g/mol. The first-order valence-corrected chi connectivity index (χ1v) is 14.4. The van der Waals surface area contributed by atoms with Crippen molar-refractivity contribution in [3.63, 3.8) is 0 Å². The number of hydrogen-bond acceptors (Lipinski definition) is 6. The predicted molar refractivity (Wildman–Crippen MR) is 160 cm³/mol. The summed E-state index contributed by atoms with van der Waals surface area (Å²) in [6, 6.07) is 18.2. The van der Waals surface area contributed by atoms with Crippen LogP contribution in [0.5, 0.6) is 11.5 Å². The number of benzene rings is 3. The maximum atomic E-state index is 13.2. The molecule has 0 unspecified atom stereocenters. The minimum atomic E-state index is 0.0647. The molecule has 1 saturated carbocycles. The monoisotopic (exact) mass is 553 g/mol. The molecule has 0 aliphatic heterocycles. The molecule has 1 aliphatic carbocycles. The number of anilines is 1. The highest BCUT2D eigenvalue weighted by Crippen LogP contribution is 2.35. The third-order valence-electron chi connectivity index (χ3n) is 7.41. The van der Waals surface area contributed by atoms with Crippen LogP contribution < -0.4 is 14.8 Å². The molecule has 1 amide bonds. The van der Waals surface area contributed by atoms with Crippen molar-refractivity contribution in [2.75, 3.05) is 19.5 Å². The zero-order chi connectivity index (χ0) is 27.6. The summed E-state index contributed by atoms with van der Waals surface area (Å²) in [7, 11) is 3.30.